The average Bonchev–Trinajstić information content (AvgIpc) is 2.55. The summed E-state index contributed by atoms with van der Waals surface area (Å²) < 4.78 is 5.49. The molecule has 0 aliphatic carbocycles. The zero-order chi connectivity index (χ0) is 13.5. The summed E-state index contributed by atoms with van der Waals surface area (Å²) in [6, 6.07) is 5.19. The molecule has 0 radical (unpaired) electrons. The summed E-state index contributed by atoms with van der Waals surface area (Å²) in [5.74, 6) is -1.31. The number of aryl methyl sites for hydroxylation is 1. The van der Waals surface area contributed by atoms with E-state index in [1.807, 2.05) is 0 Å². The van der Waals surface area contributed by atoms with E-state index >= 15 is 0 Å². The van der Waals surface area contributed by atoms with Crippen molar-refractivity contribution in [3.63, 3.8) is 0 Å². The number of aromatic nitrogens is 1. The second kappa shape index (κ2) is 4.20. The van der Waals surface area contributed by atoms with Crippen molar-refractivity contribution in [1.82, 2.24) is 4.57 Å². The molecule has 0 atom stereocenters. The number of carboxylic acid groups (broad SMARTS) is 1. The van der Waals surface area contributed by atoms with Gasteiger partial charge in [-0.15, -0.1) is 11.8 Å². The lowest BCUT2D eigenvalue weighted by molar-refractivity contribution is -0.138. The fourth-order valence-electron chi connectivity index (χ4n) is 1.51. The minimum atomic E-state index is -0.920. The Bertz CT molecular complexity index is 668. The maximum absolute atomic E-state index is 11.3. The molecule has 0 amide bonds. The first-order valence-corrected chi connectivity index (χ1v) is 6.15. The van der Waals surface area contributed by atoms with E-state index in [-0.39, 0.29) is 0 Å². The van der Waals surface area contributed by atoms with E-state index in [9.17, 15) is 9.59 Å². The van der Waals surface area contributed by atoms with Crippen molar-refractivity contribution in [3.8, 4) is 0 Å². The van der Waals surface area contributed by atoms with Crippen LogP contribution < -0.4 is 5.76 Å². The first-order chi connectivity index (χ1) is 8.31. The molecular weight excluding hydrogens is 254 g/mol. The van der Waals surface area contributed by atoms with Crippen molar-refractivity contribution < 1.29 is 14.3 Å². The monoisotopic (exact) mass is 267 g/mol. The minimum Gasteiger partial charge on any atom is -0.480 e. The van der Waals surface area contributed by atoms with Gasteiger partial charge in [0, 0.05) is 11.9 Å². The van der Waals surface area contributed by atoms with Crippen LogP contribution in [0.4, 0.5) is 0 Å². The van der Waals surface area contributed by atoms with Crippen LogP contribution in [0.2, 0.25) is 0 Å². The number of fused-ring (bicyclic) bond motifs is 1. The van der Waals surface area contributed by atoms with Crippen molar-refractivity contribution in [2.45, 2.75) is 23.5 Å². The fourth-order valence-corrected chi connectivity index (χ4v) is 2.49. The molecule has 5 nitrogen and oxygen atoms in total. The van der Waals surface area contributed by atoms with E-state index in [0.717, 1.165) is 4.90 Å². The van der Waals surface area contributed by atoms with Crippen molar-refractivity contribution in [1.29, 1.82) is 0 Å². The summed E-state index contributed by atoms with van der Waals surface area (Å²) in [5.41, 5.74) is 1.16. The maximum atomic E-state index is 11.3. The summed E-state index contributed by atoms with van der Waals surface area (Å²) >= 11 is 1.23. The van der Waals surface area contributed by atoms with Crippen LogP contribution in [-0.4, -0.2) is 20.4 Å². The Balaban J connectivity index is 2.45. The van der Waals surface area contributed by atoms with Gasteiger partial charge in [-0.3, -0.25) is 9.36 Å². The third-order valence-electron chi connectivity index (χ3n) is 2.65. The zero-order valence-corrected chi connectivity index (χ0v) is 11.1. The van der Waals surface area contributed by atoms with Gasteiger partial charge in [-0.2, -0.15) is 0 Å². The average molecular weight is 267 g/mol. The number of aliphatic carboxylic acids is 1. The van der Waals surface area contributed by atoms with Gasteiger partial charge in [0.05, 0.1) is 5.52 Å². The van der Waals surface area contributed by atoms with Crippen LogP contribution in [0.3, 0.4) is 0 Å². The predicted molar refractivity (Wildman–Crippen MR) is 69.0 cm³/mol. The van der Waals surface area contributed by atoms with Gasteiger partial charge in [0.25, 0.3) is 0 Å². The molecule has 6 heteroatoms. The minimum absolute atomic E-state index is 0.426. The number of hydrogen-bond acceptors (Lipinski definition) is 4. The number of rotatable bonds is 3. The van der Waals surface area contributed by atoms with Gasteiger partial charge in [-0.1, -0.05) is 0 Å². The van der Waals surface area contributed by atoms with Crippen molar-refractivity contribution in [2.75, 3.05) is 0 Å². The molecule has 18 heavy (non-hydrogen) atoms. The summed E-state index contributed by atoms with van der Waals surface area (Å²) in [5, 5.41) is 9.08. The van der Waals surface area contributed by atoms with Gasteiger partial charge in [-0.05, 0) is 32.0 Å². The fraction of sp³-hybridized carbons (Fsp3) is 0.333. The zero-order valence-electron chi connectivity index (χ0n) is 10.3. The van der Waals surface area contributed by atoms with Crippen LogP contribution in [0, 0.1) is 0 Å². The Labute approximate surface area is 107 Å². The molecule has 1 aromatic carbocycles. The van der Waals surface area contributed by atoms with Gasteiger partial charge in [-0.25, -0.2) is 4.79 Å². The quantitative estimate of drug-likeness (QED) is 0.862. The number of hydrogen-bond donors (Lipinski definition) is 1. The smallest absolute Gasteiger partial charge is 0.419 e. The van der Waals surface area contributed by atoms with Gasteiger partial charge >= 0.3 is 11.7 Å². The molecule has 1 N–H and O–H groups in total. The van der Waals surface area contributed by atoms with Crippen LogP contribution in [0.5, 0.6) is 0 Å². The Kier molecular flexibility index (Phi) is 2.98. The third-order valence-corrected chi connectivity index (χ3v) is 3.83. The molecule has 0 fully saturated rings. The summed E-state index contributed by atoms with van der Waals surface area (Å²) in [4.78, 5) is 23.2. The maximum Gasteiger partial charge on any atom is 0.419 e. The van der Waals surface area contributed by atoms with E-state index in [2.05, 4.69) is 0 Å². The molecule has 96 valence electrons. The number of thioether (sulfide) groups is 1. The summed E-state index contributed by atoms with van der Waals surface area (Å²) in [7, 11) is 1.62. The Morgan fingerprint density at radius 3 is 2.72 bits per heavy atom. The molecule has 2 aromatic rings. The Morgan fingerprint density at radius 2 is 2.11 bits per heavy atom. The van der Waals surface area contributed by atoms with Gasteiger partial charge in [0.2, 0.25) is 0 Å². The standard InChI is InChI=1S/C12H13NO4S/c1-12(2,10(14)15)18-7-4-5-9-8(6-7)13(3)11(16)17-9/h4-6H,1-3H3,(H,14,15). The Morgan fingerprint density at radius 1 is 1.44 bits per heavy atom. The van der Waals surface area contributed by atoms with Crippen molar-refractivity contribution >= 4 is 28.8 Å². The molecule has 0 spiro atoms. The largest absolute Gasteiger partial charge is 0.480 e. The van der Waals surface area contributed by atoms with E-state index in [4.69, 9.17) is 9.52 Å². The molecule has 0 aliphatic rings. The third kappa shape index (κ3) is 2.15. The van der Waals surface area contributed by atoms with Crippen LogP contribution >= 0.6 is 11.8 Å². The normalized spacial score (nSPS) is 11.9. The molecular formula is C12H13NO4S. The SMILES string of the molecule is Cn1c(=O)oc2ccc(SC(C)(C)C(=O)O)cc21. The number of carboxylic acids is 1. The molecule has 1 heterocycles. The van der Waals surface area contributed by atoms with E-state index in [0.29, 0.717) is 11.1 Å². The lowest BCUT2D eigenvalue weighted by Crippen LogP contribution is -2.26. The van der Waals surface area contributed by atoms with Gasteiger partial charge in [0.15, 0.2) is 5.58 Å². The predicted octanol–water partition coefficient (Wildman–Crippen LogP) is 2.09. The van der Waals surface area contributed by atoms with Crippen molar-refractivity contribution in [3.05, 3.63) is 28.7 Å². The second-order valence-corrected chi connectivity index (χ2v) is 6.17. The molecule has 0 saturated heterocycles. The van der Waals surface area contributed by atoms with Crippen molar-refractivity contribution in [2.24, 2.45) is 7.05 Å². The summed E-state index contributed by atoms with van der Waals surface area (Å²) in [6.45, 7) is 3.27. The number of nitrogens with zero attached hydrogens (tertiary/aromatic N) is 1. The first-order valence-electron chi connectivity index (χ1n) is 5.33. The lowest BCUT2D eigenvalue weighted by atomic mass is 10.2. The van der Waals surface area contributed by atoms with E-state index in [1.54, 1.807) is 39.1 Å². The van der Waals surface area contributed by atoms with Crippen LogP contribution in [0.15, 0.2) is 32.3 Å². The van der Waals surface area contributed by atoms with Crippen LogP contribution in [-0.2, 0) is 11.8 Å². The second-order valence-electron chi connectivity index (χ2n) is 4.47. The molecule has 0 bridgehead atoms. The number of carbonyl (C=O) groups is 1. The number of oxazole rings is 1. The van der Waals surface area contributed by atoms with Crippen LogP contribution in [0.1, 0.15) is 13.8 Å². The molecule has 0 unspecified atom stereocenters. The van der Waals surface area contributed by atoms with E-state index in [1.165, 1.54) is 16.3 Å². The topological polar surface area (TPSA) is 72.4 Å². The summed E-state index contributed by atoms with van der Waals surface area (Å²) in [6.07, 6.45) is 0. The molecule has 2 rings (SSSR count). The Hall–Kier alpha value is -1.69. The highest BCUT2D eigenvalue weighted by atomic mass is 32.2. The highest BCUT2D eigenvalue weighted by Gasteiger charge is 2.28. The molecule has 0 aliphatic heterocycles. The van der Waals surface area contributed by atoms with E-state index < -0.39 is 16.5 Å². The van der Waals surface area contributed by atoms with Gasteiger partial charge < -0.3 is 9.52 Å². The van der Waals surface area contributed by atoms with Crippen LogP contribution in [0.25, 0.3) is 11.1 Å². The molecule has 0 saturated carbocycles. The first kappa shape index (κ1) is 12.8. The molecule has 1 aromatic heterocycles. The highest BCUT2D eigenvalue weighted by molar-refractivity contribution is 8.01. The number of benzene rings is 1. The van der Waals surface area contributed by atoms with Gasteiger partial charge in [0.1, 0.15) is 4.75 Å². The highest BCUT2D eigenvalue weighted by Crippen LogP contribution is 2.34. The lowest BCUT2D eigenvalue weighted by Gasteiger charge is -2.18.